The van der Waals surface area contributed by atoms with Gasteiger partial charge in [-0.2, -0.15) is 47.9 Å². The SMILES string of the molecule is CC(C)C(C)(C(=O)O)c1cc(OS(=O)(=O)C(F)(F)C(F)(F)C(F)(F)C(F)(F)F)no1. The van der Waals surface area contributed by atoms with Crippen molar-refractivity contribution >= 4 is 16.1 Å². The second-order valence-electron chi connectivity index (χ2n) is 6.39. The van der Waals surface area contributed by atoms with Gasteiger partial charge in [-0.25, -0.2) is 0 Å². The molecule has 0 saturated heterocycles. The standard InChI is InChI=1S/C13H12F9NO6S/c1-5(2)9(3,8(24)25)6-4-7(23-28-6)29-30(26,27)13(21,22)11(16,17)10(14,15)12(18,19)20/h4-5H,1-3H3,(H,24,25). The summed E-state index contributed by atoms with van der Waals surface area (Å²) < 4.78 is 146. The number of halogens is 9. The quantitative estimate of drug-likeness (QED) is 0.445. The first kappa shape index (κ1) is 25.8. The topological polar surface area (TPSA) is 107 Å². The molecule has 0 aromatic carbocycles. The van der Waals surface area contributed by atoms with Crippen LogP contribution in [0.3, 0.4) is 0 Å². The molecule has 0 aliphatic heterocycles. The zero-order chi connectivity index (χ0) is 24.1. The molecular formula is C13H12F9NO6S. The maximum atomic E-state index is 13.6. The molecule has 0 saturated carbocycles. The summed E-state index contributed by atoms with van der Waals surface area (Å²) in [5.41, 5.74) is -1.96. The highest BCUT2D eigenvalue weighted by Gasteiger charge is 2.86. The number of hydrogen-bond acceptors (Lipinski definition) is 6. The third kappa shape index (κ3) is 3.66. The highest BCUT2D eigenvalue weighted by atomic mass is 32.2. The van der Waals surface area contributed by atoms with Crippen LogP contribution in [0.5, 0.6) is 5.88 Å². The van der Waals surface area contributed by atoms with Gasteiger partial charge in [-0.1, -0.05) is 13.8 Å². The summed E-state index contributed by atoms with van der Waals surface area (Å²) in [6, 6.07) is 0.266. The molecule has 17 heteroatoms. The third-order valence-corrected chi connectivity index (χ3v) is 5.50. The van der Waals surface area contributed by atoms with Crippen molar-refractivity contribution in [2.24, 2.45) is 5.92 Å². The second-order valence-corrected chi connectivity index (χ2v) is 7.98. The Morgan fingerprint density at radius 1 is 1.07 bits per heavy atom. The van der Waals surface area contributed by atoms with Gasteiger partial charge in [0.15, 0.2) is 5.76 Å². The second kappa shape index (κ2) is 7.19. The van der Waals surface area contributed by atoms with E-state index in [0.29, 0.717) is 0 Å². The zero-order valence-electron chi connectivity index (χ0n) is 14.9. The van der Waals surface area contributed by atoms with Gasteiger partial charge in [0.25, 0.3) is 5.88 Å². The van der Waals surface area contributed by atoms with E-state index in [1.54, 1.807) is 0 Å². The largest absolute Gasteiger partial charge is 0.480 e. The van der Waals surface area contributed by atoms with Gasteiger partial charge in [-0.3, -0.25) is 4.79 Å². The van der Waals surface area contributed by atoms with E-state index >= 15 is 0 Å². The van der Waals surface area contributed by atoms with Gasteiger partial charge in [0, 0.05) is 6.07 Å². The van der Waals surface area contributed by atoms with Crippen molar-refractivity contribution in [3.8, 4) is 5.88 Å². The van der Waals surface area contributed by atoms with E-state index in [4.69, 9.17) is 0 Å². The van der Waals surface area contributed by atoms with E-state index < -0.39 is 62.3 Å². The molecule has 1 unspecified atom stereocenters. The average Bonchev–Trinajstić information content (AvgIpc) is 2.99. The number of aromatic nitrogens is 1. The normalized spacial score (nSPS) is 16.4. The van der Waals surface area contributed by atoms with Crippen LogP contribution in [0.1, 0.15) is 26.5 Å². The number of aliphatic carboxylic acids is 1. The number of hydrogen-bond donors (Lipinski definition) is 1. The van der Waals surface area contributed by atoms with Gasteiger partial charge in [-0.15, -0.1) is 0 Å². The molecule has 30 heavy (non-hydrogen) atoms. The first-order chi connectivity index (χ1) is 13.1. The lowest BCUT2D eigenvalue weighted by molar-refractivity contribution is -0.382. The molecule has 1 heterocycles. The van der Waals surface area contributed by atoms with Crippen LogP contribution >= 0.6 is 0 Å². The summed E-state index contributed by atoms with van der Waals surface area (Å²) in [4.78, 5) is 11.4. The van der Waals surface area contributed by atoms with Crippen molar-refractivity contribution in [1.82, 2.24) is 5.16 Å². The summed E-state index contributed by atoms with van der Waals surface area (Å²) in [7, 11) is -7.22. The van der Waals surface area contributed by atoms with Crippen LogP contribution in [0.4, 0.5) is 39.5 Å². The van der Waals surface area contributed by atoms with Crippen molar-refractivity contribution in [1.29, 1.82) is 0 Å². The molecule has 1 rings (SSSR count). The fraction of sp³-hybridized carbons (Fsp3) is 0.692. The Labute approximate surface area is 161 Å². The van der Waals surface area contributed by atoms with E-state index in [9.17, 15) is 57.8 Å². The molecule has 7 nitrogen and oxygen atoms in total. The van der Waals surface area contributed by atoms with Crippen LogP contribution in [-0.2, 0) is 20.3 Å². The molecule has 0 aliphatic carbocycles. The number of carbonyl (C=O) groups is 1. The van der Waals surface area contributed by atoms with Crippen LogP contribution < -0.4 is 4.18 Å². The Bertz CT molecular complexity index is 908. The van der Waals surface area contributed by atoms with Crippen molar-refractivity contribution in [2.75, 3.05) is 0 Å². The Hall–Kier alpha value is -2.20. The van der Waals surface area contributed by atoms with Gasteiger partial charge in [0.05, 0.1) is 0 Å². The molecule has 0 spiro atoms. The molecule has 174 valence electrons. The molecule has 0 fully saturated rings. The molecular weight excluding hydrogens is 469 g/mol. The van der Waals surface area contributed by atoms with Crippen molar-refractivity contribution in [3.05, 3.63) is 11.8 Å². The van der Waals surface area contributed by atoms with Crippen molar-refractivity contribution in [3.63, 3.8) is 0 Å². The Morgan fingerprint density at radius 3 is 1.90 bits per heavy atom. The van der Waals surface area contributed by atoms with Crippen LogP contribution in [0.15, 0.2) is 10.6 Å². The van der Waals surface area contributed by atoms with Gasteiger partial charge in [-0.05, 0) is 18.0 Å². The minimum Gasteiger partial charge on any atom is -0.480 e. The van der Waals surface area contributed by atoms with Crippen LogP contribution in [0.25, 0.3) is 0 Å². The van der Waals surface area contributed by atoms with Crippen molar-refractivity contribution in [2.45, 2.75) is 49.5 Å². The van der Waals surface area contributed by atoms with Gasteiger partial charge < -0.3 is 13.8 Å². The maximum absolute atomic E-state index is 13.6. The van der Waals surface area contributed by atoms with Gasteiger partial charge in [0.1, 0.15) is 5.41 Å². The molecule has 0 amide bonds. The summed E-state index contributed by atoms with van der Waals surface area (Å²) in [6.45, 7) is 3.69. The monoisotopic (exact) mass is 481 g/mol. The van der Waals surface area contributed by atoms with E-state index in [-0.39, 0.29) is 6.07 Å². The Balaban J connectivity index is 3.39. The summed E-state index contributed by atoms with van der Waals surface area (Å²) >= 11 is 0. The summed E-state index contributed by atoms with van der Waals surface area (Å²) in [5, 5.41) is 4.86. The lowest BCUT2D eigenvalue weighted by atomic mass is 9.77. The van der Waals surface area contributed by atoms with E-state index in [1.165, 1.54) is 13.8 Å². The zero-order valence-corrected chi connectivity index (χ0v) is 15.7. The number of carboxylic acids is 1. The van der Waals surface area contributed by atoms with E-state index in [2.05, 4.69) is 13.9 Å². The molecule has 1 aromatic heterocycles. The van der Waals surface area contributed by atoms with Crippen molar-refractivity contribution < 1.29 is 66.5 Å². The third-order valence-electron chi connectivity index (χ3n) is 4.22. The number of rotatable bonds is 8. The average molecular weight is 481 g/mol. The smallest absolute Gasteiger partial charge is 0.460 e. The summed E-state index contributed by atoms with van der Waals surface area (Å²) in [5.74, 6) is -19.7. The molecule has 1 aromatic rings. The maximum Gasteiger partial charge on any atom is 0.460 e. The Morgan fingerprint density at radius 2 is 1.53 bits per heavy atom. The minimum atomic E-state index is -7.49. The van der Waals surface area contributed by atoms with Gasteiger partial charge >= 0.3 is 39.4 Å². The van der Waals surface area contributed by atoms with Crippen LogP contribution in [0, 0.1) is 5.92 Å². The Kier molecular flexibility index (Phi) is 6.19. The first-order valence-electron chi connectivity index (χ1n) is 7.42. The number of carboxylic acid groups (broad SMARTS) is 1. The van der Waals surface area contributed by atoms with Crippen LogP contribution in [0.2, 0.25) is 0 Å². The highest BCUT2D eigenvalue weighted by Crippen LogP contribution is 2.55. The predicted molar refractivity (Wildman–Crippen MR) is 76.8 cm³/mol. The lowest BCUT2D eigenvalue weighted by Gasteiger charge is -2.32. The number of alkyl halides is 9. The molecule has 0 radical (unpaired) electrons. The number of nitrogens with zero attached hydrogens (tertiary/aromatic N) is 1. The van der Waals surface area contributed by atoms with E-state index in [1.807, 2.05) is 0 Å². The van der Waals surface area contributed by atoms with Gasteiger partial charge in [0.2, 0.25) is 0 Å². The fourth-order valence-corrected chi connectivity index (χ4v) is 2.71. The fourth-order valence-electron chi connectivity index (χ4n) is 1.86. The van der Waals surface area contributed by atoms with E-state index in [0.717, 1.165) is 6.92 Å². The molecule has 0 bridgehead atoms. The molecule has 1 atom stereocenters. The minimum absolute atomic E-state index is 0.266. The predicted octanol–water partition coefficient (Wildman–Crippen LogP) is 3.81. The summed E-state index contributed by atoms with van der Waals surface area (Å²) in [6.07, 6.45) is -7.24. The highest BCUT2D eigenvalue weighted by molar-refractivity contribution is 7.88. The lowest BCUT2D eigenvalue weighted by Crippen LogP contribution is -2.63. The van der Waals surface area contributed by atoms with Crippen LogP contribution in [-0.4, -0.2) is 47.9 Å². The first-order valence-corrected chi connectivity index (χ1v) is 8.83. The molecule has 1 N–H and O–H groups in total. The molecule has 0 aliphatic rings.